The molecule has 2 unspecified atom stereocenters. The number of thiophene rings is 1. The van der Waals surface area contributed by atoms with Gasteiger partial charge < -0.3 is 10.1 Å². The van der Waals surface area contributed by atoms with Crippen LogP contribution in [0.5, 0.6) is 0 Å². The molecule has 108 valence electrons. The molecular formula is C14H19N3O2S. The number of aromatic nitrogens is 2. The first-order valence-electron chi connectivity index (χ1n) is 6.46. The Bertz CT molecular complexity index is 551. The highest BCUT2D eigenvalue weighted by Gasteiger charge is 2.21. The molecule has 6 heteroatoms. The van der Waals surface area contributed by atoms with Gasteiger partial charge in [0.25, 0.3) is 0 Å². The minimum absolute atomic E-state index is 0.0488. The van der Waals surface area contributed by atoms with Gasteiger partial charge in [0, 0.05) is 24.2 Å². The van der Waals surface area contributed by atoms with Crippen LogP contribution in [0.25, 0.3) is 0 Å². The lowest BCUT2D eigenvalue weighted by molar-refractivity contribution is -0.141. The second-order valence-electron chi connectivity index (χ2n) is 4.62. The number of ether oxygens (including phenoxy) is 1. The molecule has 0 aromatic carbocycles. The van der Waals surface area contributed by atoms with Crippen molar-refractivity contribution < 1.29 is 9.53 Å². The van der Waals surface area contributed by atoms with E-state index >= 15 is 0 Å². The molecule has 0 spiro atoms. The standard InChI is InChI=1S/C14H19N3O2S/c1-10(12-6-7-15-17(12)2)16-11(9-14(18)19-3)13-5-4-8-20-13/h4-8,10-11,16H,9H2,1-3H3. The van der Waals surface area contributed by atoms with Crippen LogP contribution in [0.15, 0.2) is 29.8 Å². The predicted molar refractivity (Wildman–Crippen MR) is 78.5 cm³/mol. The minimum Gasteiger partial charge on any atom is -0.469 e. The number of methoxy groups -OCH3 is 1. The van der Waals surface area contributed by atoms with E-state index in [1.54, 1.807) is 17.5 Å². The average Bonchev–Trinajstić information content (AvgIpc) is 3.08. The van der Waals surface area contributed by atoms with Gasteiger partial charge >= 0.3 is 5.97 Å². The summed E-state index contributed by atoms with van der Waals surface area (Å²) in [6, 6.07) is 6.04. The molecule has 2 rings (SSSR count). The maximum absolute atomic E-state index is 11.6. The van der Waals surface area contributed by atoms with Crippen LogP contribution < -0.4 is 5.32 Å². The summed E-state index contributed by atoms with van der Waals surface area (Å²) in [6.07, 6.45) is 2.09. The van der Waals surface area contributed by atoms with Gasteiger partial charge in [0.15, 0.2) is 0 Å². The zero-order valence-corrected chi connectivity index (χ0v) is 12.7. The van der Waals surface area contributed by atoms with Crippen molar-refractivity contribution >= 4 is 17.3 Å². The van der Waals surface area contributed by atoms with Crippen LogP contribution in [-0.4, -0.2) is 22.9 Å². The minimum atomic E-state index is -0.215. The highest BCUT2D eigenvalue weighted by molar-refractivity contribution is 7.10. The van der Waals surface area contributed by atoms with Crippen LogP contribution in [0.1, 0.15) is 36.0 Å². The van der Waals surface area contributed by atoms with Gasteiger partial charge in [0.05, 0.1) is 25.3 Å². The Morgan fingerprint density at radius 2 is 2.35 bits per heavy atom. The Hall–Kier alpha value is -1.66. The predicted octanol–water partition coefficient (Wildman–Crippen LogP) is 2.44. The third-order valence-electron chi connectivity index (χ3n) is 3.24. The highest BCUT2D eigenvalue weighted by Crippen LogP contribution is 2.25. The third kappa shape index (κ3) is 3.46. The van der Waals surface area contributed by atoms with Gasteiger partial charge in [0.2, 0.25) is 0 Å². The van der Waals surface area contributed by atoms with E-state index in [0.29, 0.717) is 6.42 Å². The number of carbonyl (C=O) groups excluding carboxylic acids is 1. The van der Waals surface area contributed by atoms with Gasteiger partial charge in [-0.2, -0.15) is 5.10 Å². The maximum Gasteiger partial charge on any atom is 0.307 e. The lowest BCUT2D eigenvalue weighted by atomic mass is 10.1. The molecule has 20 heavy (non-hydrogen) atoms. The van der Waals surface area contributed by atoms with E-state index in [1.165, 1.54) is 7.11 Å². The van der Waals surface area contributed by atoms with Crippen LogP contribution in [0.2, 0.25) is 0 Å². The van der Waals surface area contributed by atoms with Crippen molar-refractivity contribution in [1.29, 1.82) is 0 Å². The third-order valence-corrected chi connectivity index (χ3v) is 4.22. The molecule has 5 nitrogen and oxygen atoms in total. The molecule has 2 aromatic rings. The number of hydrogen-bond acceptors (Lipinski definition) is 5. The fourth-order valence-electron chi connectivity index (χ4n) is 2.18. The van der Waals surface area contributed by atoms with Crippen LogP contribution in [0, 0.1) is 0 Å². The van der Waals surface area contributed by atoms with Crippen molar-refractivity contribution in [3.8, 4) is 0 Å². The molecule has 0 saturated heterocycles. The number of aryl methyl sites for hydroxylation is 1. The summed E-state index contributed by atoms with van der Waals surface area (Å²) in [4.78, 5) is 12.7. The first kappa shape index (κ1) is 14.7. The van der Waals surface area contributed by atoms with Crippen molar-refractivity contribution in [2.45, 2.75) is 25.4 Å². The molecule has 0 aliphatic heterocycles. The van der Waals surface area contributed by atoms with E-state index in [2.05, 4.69) is 17.3 Å². The van der Waals surface area contributed by atoms with Crippen molar-refractivity contribution in [1.82, 2.24) is 15.1 Å². The fourth-order valence-corrected chi connectivity index (χ4v) is 2.96. The Kier molecular flexibility index (Phi) is 4.92. The van der Waals surface area contributed by atoms with Gasteiger partial charge in [-0.25, -0.2) is 0 Å². The Balaban J connectivity index is 2.11. The maximum atomic E-state index is 11.6. The number of rotatable bonds is 6. The molecular weight excluding hydrogens is 274 g/mol. The molecule has 0 saturated carbocycles. The highest BCUT2D eigenvalue weighted by atomic mass is 32.1. The first-order chi connectivity index (χ1) is 9.61. The zero-order chi connectivity index (χ0) is 14.5. The van der Waals surface area contributed by atoms with Gasteiger partial charge in [0.1, 0.15) is 0 Å². The summed E-state index contributed by atoms with van der Waals surface area (Å²) >= 11 is 1.63. The quantitative estimate of drug-likeness (QED) is 0.831. The van der Waals surface area contributed by atoms with Gasteiger partial charge in [-0.05, 0) is 24.4 Å². The van der Waals surface area contributed by atoms with Crippen molar-refractivity contribution in [3.63, 3.8) is 0 Å². The van der Waals surface area contributed by atoms with E-state index in [-0.39, 0.29) is 18.1 Å². The number of nitrogens with one attached hydrogen (secondary N) is 1. The number of nitrogens with zero attached hydrogens (tertiary/aromatic N) is 2. The average molecular weight is 293 g/mol. The van der Waals surface area contributed by atoms with Crippen LogP contribution in [-0.2, 0) is 16.6 Å². The molecule has 0 amide bonds. The lowest BCUT2D eigenvalue weighted by Crippen LogP contribution is -2.27. The van der Waals surface area contributed by atoms with E-state index in [9.17, 15) is 4.79 Å². The second-order valence-corrected chi connectivity index (χ2v) is 5.60. The summed E-state index contributed by atoms with van der Waals surface area (Å²) in [7, 11) is 3.33. The molecule has 0 bridgehead atoms. The Morgan fingerprint density at radius 3 is 2.90 bits per heavy atom. The van der Waals surface area contributed by atoms with E-state index in [1.807, 2.05) is 35.3 Å². The van der Waals surface area contributed by atoms with Crippen LogP contribution >= 0.6 is 11.3 Å². The van der Waals surface area contributed by atoms with Gasteiger partial charge in [-0.15, -0.1) is 11.3 Å². The smallest absolute Gasteiger partial charge is 0.307 e. The zero-order valence-electron chi connectivity index (χ0n) is 11.9. The van der Waals surface area contributed by atoms with Crippen molar-refractivity contribution in [3.05, 3.63) is 40.3 Å². The topological polar surface area (TPSA) is 56.1 Å². The Labute approximate surface area is 122 Å². The SMILES string of the molecule is COC(=O)CC(NC(C)c1ccnn1C)c1cccs1. The number of hydrogen-bond donors (Lipinski definition) is 1. The lowest BCUT2D eigenvalue weighted by Gasteiger charge is -2.22. The molecule has 2 atom stereocenters. The largest absolute Gasteiger partial charge is 0.469 e. The van der Waals surface area contributed by atoms with E-state index in [4.69, 9.17) is 4.74 Å². The van der Waals surface area contributed by atoms with Crippen LogP contribution in [0.3, 0.4) is 0 Å². The van der Waals surface area contributed by atoms with Gasteiger partial charge in [-0.1, -0.05) is 6.07 Å². The summed E-state index contributed by atoms with van der Waals surface area (Å²) in [5.41, 5.74) is 1.08. The summed E-state index contributed by atoms with van der Waals surface area (Å²) in [5, 5.41) is 9.66. The molecule has 2 heterocycles. The van der Waals surface area contributed by atoms with Crippen molar-refractivity contribution in [2.75, 3.05) is 7.11 Å². The normalized spacial score (nSPS) is 13.9. The monoisotopic (exact) mass is 293 g/mol. The first-order valence-corrected chi connectivity index (χ1v) is 7.34. The molecule has 0 aliphatic rings. The second kappa shape index (κ2) is 6.67. The molecule has 2 aromatic heterocycles. The van der Waals surface area contributed by atoms with Crippen LogP contribution in [0.4, 0.5) is 0 Å². The van der Waals surface area contributed by atoms with E-state index in [0.717, 1.165) is 10.6 Å². The fraction of sp³-hybridized carbons (Fsp3) is 0.429. The summed E-state index contributed by atoms with van der Waals surface area (Å²) in [5.74, 6) is -0.215. The summed E-state index contributed by atoms with van der Waals surface area (Å²) < 4.78 is 6.62. The molecule has 0 radical (unpaired) electrons. The number of esters is 1. The number of carbonyl (C=O) groups is 1. The molecule has 0 aliphatic carbocycles. The van der Waals surface area contributed by atoms with Gasteiger partial charge in [-0.3, -0.25) is 9.48 Å². The van der Waals surface area contributed by atoms with E-state index < -0.39 is 0 Å². The van der Waals surface area contributed by atoms with Crippen molar-refractivity contribution in [2.24, 2.45) is 7.05 Å². The summed E-state index contributed by atoms with van der Waals surface area (Å²) in [6.45, 7) is 2.06. The molecule has 0 fully saturated rings. The Morgan fingerprint density at radius 1 is 1.55 bits per heavy atom. The molecule has 1 N–H and O–H groups in total.